The Labute approximate surface area is 191 Å². The molecule has 0 bridgehead atoms. The Hall–Kier alpha value is -4.19. The number of fused-ring (bicyclic) bond motifs is 1. The highest BCUT2D eigenvalue weighted by Gasteiger charge is 2.13. The maximum Gasteiger partial charge on any atom is 0.317 e. The van der Waals surface area contributed by atoms with Gasteiger partial charge in [0.25, 0.3) is 5.91 Å². The van der Waals surface area contributed by atoms with Gasteiger partial charge in [-0.05, 0) is 42.3 Å². The smallest absolute Gasteiger partial charge is 0.317 e. The van der Waals surface area contributed by atoms with Gasteiger partial charge in [-0.25, -0.2) is 0 Å². The van der Waals surface area contributed by atoms with Gasteiger partial charge in [-0.2, -0.15) is 0 Å². The molecule has 0 saturated carbocycles. The van der Waals surface area contributed by atoms with Gasteiger partial charge < -0.3 is 5.32 Å². The van der Waals surface area contributed by atoms with E-state index in [4.69, 9.17) is 0 Å². The third-order valence-corrected chi connectivity index (χ3v) is 5.54. The van der Waals surface area contributed by atoms with E-state index in [-0.39, 0.29) is 19.0 Å². The number of carbonyl (C=O) groups excluding carboxylic acids is 1. The minimum Gasteiger partial charge on any atom is -0.348 e. The molecule has 1 heterocycles. The summed E-state index contributed by atoms with van der Waals surface area (Å²) in [6.07, 6.45) is 1.60. The van der Waals surface area contributed by atoms with Crippen LogP contribution >= 0.6 is 0 Å². The number of benzene rings is 3. The highest BCUT2D eigenvalue weighted by molar-refractivity contribution is 5.94. The van der Waals surface area contributed by atoms with E-state index >= 15 is 0 Å². The third kappa shape index (κ3) is 4.70. The number of hydrogen-bond acceptors (Lipinski definition) is 3. The fourth-order valence-electron chi connectivity index (χ4n) is 3.89. The average Bonchev–Trinajstić information content (AvgIpc) is 2.83. The standard InChI is InChI=1S/C27H25N3O3/c1-3-15-29-23-9-4-5-10-24(23)30(27(33)26(29)32)18-20-11-13-22(14-12-20)25(31)28-17-21-8-6-7-19(2)16-21/h3-14,16H,1,15,17-18H2,2H3,(H,28,31). The van der Waals surface area contributed by atoms with Crippen LogP contribution in [0.25, 0.3) is 11.0 Å². The number of nitrogens with one attached hydrogen (secondary N) is 1. The molecule has 0 unspecified atom stereocenters. The number of aromatic nitrogens is 2. The molecule has 1 N–H and O–H groups in total. The molecule has 0 spiro atoms. The Kier molecular flexibility index (Phi) is 6.36. The van der Waals surface area contributed by atoms with Crippen molar-refractivity contribution in [2.45, 2.75) is 26.6 Å². The normalized spacial score (nSPS) is 10.8. The zero-order valence-electron chi connectivity index (χ0n) is 18.5. The molecule has 33 heavy (non-hydrogen) atoms. The molecule has 1 aromatic heterocycles. The van der Waals surface area contributed by atoms with Crippen molar-refractivity contribution in [3.05, 3.63) is 128 Å². The Morgan fingerprint density at radius 2 is 1.55 bits per heavy atom. The van der Waals surface area contributed by atoms with E-state index in [2.05, 4.69) is 11.9 Å². The molecule has 4 rings (SSSR count). The van der Waals surface area contributed by atoms with Crippen LogP contribution in [0.1, 0.15) is 27.0 Å². The van der Waals surface area contributed by atoms with Crippen LogP contribution in [0.15, 0.2) is 95.0 Å². The first-order valence-electron chi connectivity index (χ1n) is 10.7. The number of allylic oxidation sites excluding steroid dienone is 1. The summed E-state index contributed by atoms with van der Waals surface area (Å²) < 4.78 is 2.91. The predicted molar refractivity (Wildman–Crippen MR) is 131 cm³/mol. The fourth-order valence-corrected chi connectivity index (χ4v) is 3.89. The molecule has 6 heteroatoms. The number of nitrogens with zero attached hydrogens (tertiary/aromatic N) is 2. The SMILES string of the molecule is C=CCn1c(=O)c(=O)n(Cc2ccc(C(=O)NCc3cccc(C)c3)cc2)c2ccccc21. The zero-order chi connectivity index (χ0) is 23.4. The average molecular weight is 440 g/mol. The van der Waals surface area contributed by atoms with Crippen LogP contribution in [0, 0.1) is 6.92 Å². The Morgan fingerprint density at radius 1 is 0.879 bits per heavy atom. The molecule has 166 valence electrons. The zero-order valence-corrected chi connectivity index (χ0v) is 18.5. The summed E-state index contributed by atoms with van der Waals surface area (Å²) in [5, 5.41) is 2.92. The second-order valence-electron chi connectivity index (χ2n) is 7.95. The van der Waals surface area contributed by atoms with Crippen LogP contribution < -0.4 is 16.4 Å². The summed E-state index contributed by atoms with van der Waals surface area (Å²) in [7, 11) is 0. The summed E-state index contributed by atoms with van der Waals surface area (Å²) in [4.78, 5) is 38.0. The van der Waals surface area contributed by atoms with Crippen molar-refractivity contribution in [1.82, 2.24) is 14.5 Å². The van der Waals surface area contributed by atoms with Crippen LogP contribution in [0.5, 0.6) is 0 Å². The third-order valence-electron chi connectivity index (χ3n) is 5.54. The molecule has 0 saturated heterocycles. The minimum atomic E-state index is -0.587. The van der Waals surface area contributed by atoms with E-state index in [0.717, 1.165) is 16.7 Å². The molecule has 0 aliphatic rings. The van der Waals surface area contributed by atoms with Crippen LogP contribution in [0.2, 0.25) is 0 Å². The van der Waals surface area contributed by atoms with Crippen LogP contribution in [-0.4, -0.2) is 15.0 Å². The summed E-state index contributed by atoms with van der Waals surface area (Å²) in [5.74, 6) is -0.169. The van der Waals surface area contributed by atoms with Crippen LogP contribution in [0.4, 0.5) is 0 Å². The topological polar surface area (TPSA) is 73.1 Å². The Balaban J connectivity index is 1.56. The van der Waals surface area contributed by atoms with Gasteiger partial charge in [0, 0.05) is 18.7 Å². The number of rotatable bonds is 7. The summed E-state index contributed by atoms with van der Waals surface area (Å²) in [5.41, 5.74) is 3.71. The molecular weight excluding hydrogens is 414 g/mol. The molecular formula is C27H25N3O3. The van der Waals surface area contributed by atoms with Crippen molar-refractivity contribution in [2.24, 2.45) is 0 Å². The van der Waals surface area contributed by atoms with Crippen molar-refractivity contribution in [2.75, 3.05) is 0 Å². The maximum absolute atomic E-state index is 12.8. The summed E-state index contributed by atoms with van der Waals surface area (Å²) >= 11 is 0. The van der Waals surface area contributed by atoms with Crippen LogP contribution in [-0.2, 0) is 19.6 Å². The summed E-state index contributed by atoms with van der Waals surface area (Å²) in [6.45, 7) is 6.64. The van der Waals surface area contributed by atoms with Crippen molar-refractivity contribution in [3.8, 4) is 0 Å². The maximum atomic E-state index is 12.8. The molecule has 0 fully saturated rings. The van der Waals surface area contributed by atoms with Crippen molar-refractivity contribution < 1.29 is 4.79 Å². The first kappa shape index (κ1) is 22.0. The second kappa shape index (κ2) is 9.53. The van der Waals surface area contributed by atoms with Gasteiger partial charge in [0.15, 0.2) is 0 Å². The van der Waals surface area contributed by atoms with Gasteiger partial charge >= 0.3 is 11.1 Å². The first-order valence-corrected chi connectivity index (χ1v) is 10.7. The molecule has 6 nitrogen and oxygen atoms in total. The number of carbonyl (C=O) groups is 1. The van der Waals surface area contributed by atoms with Gasteiger partial charge in [-0.15, -0.1) is 6.58 Å². The van der Waals surface area contributed by atoms with Crippen LogP contribution in [0.3, 0.4) is 0 Å². The van der Waals surface area contributed by atoms with E-state index in [9.17, 15) is 14.4 Å². The predicted octanol–water partition coefficient (Wildman–Crippen LogP) is 3.64. The lowest BCUT2D eigenvalue weighted by Gasteiger charge is -2.14. The quantitative estimate of drug-likeness (QED) is 0.353. The highest BCUT2D eigenvalue weighted by atomic mass is 16.2. The molecule has 4 aromatic rings. The van der Waals surface area contributed by atoms with Gasteiger partial charge in [-0.1, -0.05) is 60.2 Å². The molecule has 0 aliphatic carbocycles. The number of amides is 1. The van der Waals surface area contributed by atoms with Crippen molar-refractivity contribution in [3.63, 3.8) is 0 Å². The Bertz CT molecular complexity index is 1450. The van der Waals surface area contributed by atoms with Gasteiger partial charge in [-0.3, -0.25) is 23.5 Å². The number of para-hydroxylation sites is 2. The lowest BCUT2D eigenvalue weighted by Crippen LogP contribution is -2.41. The lowest BCUT2D eigenvalue weighted by atomic mass is 10.1. The number of hydrogen-bond donors (Lipinski definition) is 1. The van der Waals surface area contributed by atoms with E-state index in [0.29, 0.717) is 23.1 Å². The second-order valence-corrected chi connectivity index (χ2v) is 7.95. The monoisotopic (exact) mass is 439 g/mol. The van der Waals surface area contributed by atoms with E-state index in [1.54, 1.807) is 30.3 Å². The van der Waals surface area contributed by atoms with Gasteiger partial charge in [0.05, 0.1) is 17.6 Å². The fraction of sp³-hybridized carbons (Fsp3) is 0.148. The van der Waals surface area contributed by atoms with E-state index in [1.165, 1.54) is 9.13 Å². The largest absolute Gasteiger partial charge is 0.348 e. The molecule has 0 atom stereocenters. The van der Waals surface area contributed by atoms with Crippen molar-refractivity contribution >= 4 is 16.9 Å². The minimum absolute atomic E-state index is 0.169. The lowest BCUT2D eigenvalue weighted by molar-refractivity contribution is 0.0951. The molecule has 3 aromatic carbocycles. The molecule has 0 radical (unpaired) electrons. The highest BCUT2D eigenvalue weighted by Crippen LogP contribution is 2.13. The Morgan fingerprint density at radius 3 is 2.21 bits per heavy atom. The van der Waals surface area contributed by atoms with E-state index in [1.807, 2.05) is 55.5 Å². The molecule has 1 amide bonds. The first-order chi connectivity index (χ1) is 16.0. The molecule has 0 aliphatic heterocycles. The number of aryl methyl sites for hydroxylation is 1. The summed E-state index contributed by atoms with van der Waals surface area (Å²) in [6, 6.07) is 22.4. The van der Waals surface area contributed by atoms with Gasteiger partial charge in [0.2, 0.25) is 0 Å². The van der Waals surface area contributed by atoms with Gasteiger partial charge in [0.1, 0.15) is 0 Å². The van der Waals surface area contributed by atoms with Crippen molar-refractivity contribution in [1.29, 1.82) is 0 Å². The van der Waals surface area contributed by atoms with E-state index < -0.39 is 11.1 Å².